The van der Waals surface area contributed by atoms with E-state index in [1.165, 1.54) is 19.3 Å². The van der Waals surface area contributed by atoms with Crippen LogP contribution in [0.1, 0.15) is 33.1 Å². The average molecular weight is 230 g/mol. The van der Waals surface area contributed by atoms with Crippen LogP contribution in [-0.4, -0.2) is 11.0 Å². The number of anilines is 1. The number of oxazole rings is 1. The molecule has 3 nitrogen and oxygen atoms in total. The number of rotatable bonds is 2. The van der Waals surface area contributed by atoms with Gasteiger partial charge in [-0.2, -0.15) is 4.98 Å². The van der Waals surface area contributed by atoms with Crippen LogP contribution >= 0.6 is 0 Å². The highest BCUT2D eigenvalue weighted by atomic mass is 16.4. The van der Waals surface area contributed by atoms with E-state index in [4.69, 9.17) is 4.42 Å². The van der Waals surface area contributed by atoms with E-state index >= 15 is 0 Å². The van der Waals surface area contributed by atoms with Crippen LogP contribution in [0.3, 0.4) is 0 Å². The van der Waals surface area contributed by atoms with Gasteiger partial charge in [-0.1, -0.05) is 32.4 Å². The van der Waals surface area contributed by atoms with Gasteiger partial charge < -0.3 is 9.73 Å². The molecule has 3 rings (SSSR count). The standard InChI is InChI=1S/C14H18N2O/c1-14(2)9-5-8-12(14)16-13-15-10-6-3-4-7-11(10)17-13/h3-4,6-7,12H,5,8-9H2,1-2H3,(H,15,16). The van der Waals surface area contributed by atoms with Crippen LogP contribution < -0.4 is 5.32 Å². The maximum Gasteiger partial charge on any atom is 0.295 e. The first-order valence-electron chi connectivity index (χ1n) is 6.27. The van der Waals surface area contributed by atoms with Crippen molar-refractivity contribution in [3.8, 4) is 0 Å². The number of aromatic nitrogens is 1. The van der Waals surface area contributed by atoms with Crippen molar-refractivity contribution in [1.29, 1.82) is 0 Å². The Morgan fingerprint density at radius 1 is 1.35 bits per heavy atom. The number of hydrogen-bond acceptors (Lipinski definition) is 3. The molecule has 3 heteroatoms. The van der Waals surface area contributed by atoms with Gasteiger partial charge in [-0.25, -0.2) is 0 Å². The Bertz CT molecular complexity index is 497. The Hall–Kier alpha value is -1.51. The van der Waals surface area contributed by atoms with E-state index < -0.39 is 0 Å². The smallest absolute Gasteiger partial charge is 0.295 e. The first-order valence-corrected chi connectivity index (χ1v) is 6.27. The van der Waals surface area contributed by atoms with E-state index in [2.05, 4.69) is 24.1 Å². The summed E-state index contributed by atoms with van der Waals surface area (Å²) in [4.78, 5) is 4.46. The molecular weight excluding hydrogens is 212 g/mol. The summed E-state index contributed by atoms with van der Waals surface area (Å²) < 4.78 is 5.70. The number of para-hydroxylation sites is 2. The number of nitrogens with one attached hydrogen (secondary N) is 1. The van der Waals surface area contributed by atoms with Gasteiger partial charge in [0.15, 0.2) is 5.58 Å². The lowest BCUT2D eigenvalue weighted by Crippen LogP contribution is -2.30. The van der Waals surface area contributed by atoms with E-state index in [-0.39, 0.29) is 0 Å². The van der Waals surface area contributed by atoms with Gasteiger partial charge in [0, 0.05) is 6.04 Å². The third kappa shape index (κ3) is 1.90. The lowest BCUT2D eigenvalue weighted by atomic mass is 9.87. The minimum Gasteiger partial charge on any atom is -0.424 e. The highest BCUT2D eigenvalue weighted by Crippen LogP contribution is 2.39. The van der Waals surface area contributed by atoms with Crippen molar-refractivity contribution in [3.05, 3.63) is 24.3 Å². The van der Waals surface area contributed by atoms with E-state index in [1.54, 1.807) is 0 Å². The summed E-state index contributed by atoms with van der Waals surface area (Å²) in [6, 6.07) is 9.00. The summed E-state index contributed by atoms with van der Waals surface area (Å²) in [6.45, 7) is 4.61. The summed E-state index contributed by atoms with van der Waals surface area (Å²) in [7, 11) is 0. The van der Waals surface area contributed by atoms with E-state index in [0.717, 1.165) is 11.1 Å². The molecule has 2 aromatic rings. The lowest BCUT2D eigenvalue weighted by Gasteiger charge is -2.26. The maximum atomic E-state index is 5.70. The van der Waals surface area contributed by atoms with Gasteiger partial charge in [-0.3, -0.25) is 0 Å². The first-order chi connectivity index (χ1) is 8.15. The second-order valence-corrected chi connectivity index (χ2v) is 5.56. The SMILES string of the molecule is CC1(C)CCCC1Nc1nc2ccccc2o1. The molecule has 1 aliphatic rings. The van der Waals surface area contributed by atoms with Gasteiger partial charge in [0.2, 0.25) is 0 Å². The van der Waals surface area contributed by atoms with Crippen molar-refractivity contribution in [2.45, 2.75) is 39.2 Å². The summed E-state index contributed by atoms with van der Waals surface area (Å²) in [5, 5.41) is 3.44. The zero-order valence-electron chi connectivity index (χ0n) is 10.4. The third-order valence-corrected chi connectivity index (χ3v) is 3.85. The van der Waals surface area contributed by atoms with Crippen LogP contribution in [0, 0.1) is 5.41 Å². The molecule has 0 spiro atoms. The molecule has 1 N–H and O–H groups in total. The molecule has 1 fully saturated rings. The molecule has 1 aliphatic carbocycles. The largest absolute Gasteiger partial charge is 0.424 e. The van der Waals surface area contributed by atoms with Crippen LogP contribution in [0.5, 0.6) is 0 Å². The molecule has 90 valence electrons. The molecule has 1 atom stereocenters. The Morgan fingerprint density at radius 3 is 2.88 bits per heavy atom. The lowest BCUT2D eigenvalue weighted by molar-refractivity contribution is 0.344. The Balaban J connectivity index is 1.85. The molecule has 1 aromatic carbocycles. The number of benzene rings is 1. The van der Waals surface area contributed by atoms with Crippen molar-refractivity contribution in [3.63, 3.8) is 0 Å². The Morgan fingerprint density at radius 2 is 2.18 bits per heavy atom. The van der Waals surface area contributed by atoms with Crippen molar-refractivity contribution in [1.82, 2.24) is 4.98 Å². The Labute approximate surface area is 101 Å². The normalized spacial score (nSPS) is 23.1. The minimum absolute atomic E-state index is 0.334. The molecule has 0 radical (unpaired) electrons. The molecule has 0 saturated heterocycles. The number of fused-ring (bicyclic) bond motifs is 1. The maximum absolute atomic E-state index is 5.70. The van der Waals surface area contributed by atoms with Crippen LogP contribution in [0.15, 0.2) is 28.7 Å². The van der Waals surface area contributed by atoms with Crippen molar-refractivity contribution in [2.24, 2.45) is 5.41 Å². The molecular formula is C14H18N2O. The van der Waals surface area contributed by atoms with Gasteiger partial charge >= 0.3 is 0 Å². The number of hydrogen-bond donors (Lipinski definition) is 1. The molecule has 0 aliphatic heterocycles. The van der Waals surface area contributed by atoms with Gasteiger partial charge in [0.1, 0.15) is 5.52 Å². The molecule has 0 bridgehead atoms. The zero-order chi connectivity index (χ0) is 11.9. The van der Waals surface area contributed by atoms with Gasteiger partial charge in [0.05, 0.1) is 0 Å². The van der Waals surface area contributed by atoms with E-state index in [9.17, 15) is 0 Å². The van der Waals surface area contributed by atoms with Crippen LogP contribution in [0.4, 0.5) is 6.01 Å². The molecule has 1 heterocycles. The molecule has 0 amide bonds. The van der Waals surface area contributed by atoms with E-state index in [0.29, 0.717) is 17.5 Å². The predicted octanol–water partition coefficient (Wildman–Crippen LogP) is 3.82. The summed E-state index contributed by atoms with van der Waals surface area (Å²) in [6.07, 6.45) is 3.75. The predicted molar refractivity (Wildman–Crippen MR) is 69.1 cm³/mol. The molecule has 1 saturated carbocycles. The Kier molecular flexibility index (Phi) is 2.35. The van der Waals surface area contributed by atoms with Gasteiger partial charge in [-0.05, 0) is 30.4 Å². The van der Waals surface area contributed by atoms with Gasteiger partial charge in [-0.15, -0.1) is 0 Å². The molecule has 1 aromatic heterocycles. The monoisotopic (exact) mass is 230 g/mol. The topological polar surface area (TPSA) is 38.1 Å². The summed E-state index contributed by atoms with van der Waals surface area (Å²) >= 11 is 0. The summed E-state index contributed by atoms with van der Waals surface area (Å²) in [5.41, 5.74) is 2.11. The fourth-order valence-corrected chi connectivity index (χ4v) is 2.68. The first kappa shape index (κ1) is 10.6. The second-order valence-electron chi connectivity index (χ2n) is 5.56. The molecule has 17 heavy (non-hydrogen) atoms. The zero-order valence-corrected chi connectivity index (χ0v) is 10.4. The van der Waals surface area contributed by atoms with Crippen LogP contribution in [0.2, 0.25) is 0 Å². The molecule has 1 unspecified atom stereocenters. The fourth-order valence-electron chi connectivity index (χ4n) is 2.68. The van der Waals surface area contributed by atoms with Gasteiger partial charge in [0.25, 0.3) is 6.01 Å². The average Bonchev–Trinajstić information content (AvgIpc) is 2.82. The van der Waals surface area contributed by atoms with Crippen molar-refractivity contribution < 1.29 is 4.42 Å². The van der Waals surface area contributed by atoms with Crippen molar-refractivity contribution >= 4 is 17.1 Å². The van der Waals surface area contributed by atoms with Crippen molar-refractivity contribution in [2.75, 3.05) is 5.32 Å². The van der Waals surface area contributed by atoms with Crippen LogP contribution in [-0.2, 0) is 0 Å². The van der Waals surface area contributed by atoms with Crippen LogP contribution in [0.25, 0.3) is 11.1 Å². The minimum atomic E-state index is 0.334. The van der Waals surface area contributed by atoms with E-state index in [1.807, 2.05) is 24.3 Å². The third-order valence-electron chi connectivity index (χ3n) is 3.85. The summed E-state index contributed by atoms with van der Waals surface area (Å²) in [5.74, 6) is 0. The quantitative estimate of drug-likeness (QED) is 0.852. The second kappa shape index (κ2) is 3.76. The highest BCUT2D eigenvalue weighted by Gasteiger charge is 2.35. The highest BCUT2D eigenvalue weighted by molar-refractivity contribution is 5.74. The fraction of sp³-hybridized carbons (Fsp3) is 0.500. The number of nitrogens with zero attached hydrogens (tertiary/aromatic N) is 1.